The van der Waals surface area contributed by atoms with E-state index in [2.05, 4.69) is 5.32 Å². The monoisotopic (exact) mass is 269 g/mol. The predicted molar refractivity (Wildman–Crippen MR) is 74.6 cm³/mol. The number of hydrogen-bond donors (Lipinski definition) is 2. The van der Waals surface area contributed by atoms with Crippen LogP contribution in [0.2, 0.25) is 0 Å². The van der Waals surface area contributed by atoms with Crippen LogP contribution in [0.25, 0.3) is 0 Å². The molecule has 2 nitrogen and oxygen atoms in total. The van der Waals surface area contributed by atoms with Crippen LogP contribution in [-0.4, -0.2) is 22.7 Å². The normalized spacial score (nSPS) is 21.8. The van der Waals surface area contributed by atoms with Gasteiger partial charge in [0.15, 0.2) is 0 Å². The first kappa shape index (κ1) is 13.7. The van der Waals surface area contributed by atoms with Crippen molar-refractivity contribution < 1.29 is 9.50 Å². The number of phenols is 1. The van der Waals surface area contributed by atoms with E-state index in [9.17, 15) is 9.50 Å². The molecule has 1 saturated heterocycles. The fourth-order valence-electron chi connectivity index (χ4n) is 2.26. The highest BCUT2D eigenvalue weighted by Crippen LogP contribution is 2.27. The minimum absolute atomic E-state index is 0.0248. The van der Waals surface area contributed by atoms with E-state index in [1.54, 1.807) is 0 Å². The number of thioether (sulfide) groups is 1. The molecule has 1 aliphatic heterocycles. The van der Waals surface area contributed by atoms with Crippen LogP contribution in [0.5, 0.6) is 5.75 Å². The van der Waals surface area contributed by atoms with Crippen molar-refractivity contribution >= 4 is 11.8 Å². The third kappa shape index (κ3) is 3.62. The summed E-state index contributed by atoms with van der Waals surface area (Å²) in [6.45, 7) is 2.88. The Hall–Kier alpha value is -0.740. The highest BCUT2D eigenvalue weighted by atomic mass is 32.2. The first-order valence-electron chi connectivity index (χ1n) is 6.50. The molecule has 0 aliphatic carbocycles. The topological polar surface area (TPSA) is 32.3 Å². The van der Waals surface area contributed by atoms with Gasteiger partial charge in [0.1, 0.15) is 11.6 Å². The molecule has 2 atom stereocenters. The first-order valence-corrected chi connectivity index (χ1v) is 7.55. The van der Waals surface area contributed by atoms with Gasteiger partial charge in [-0.1, -0.05) is 6.42 Å². The molecule has 0 spiro atoms. The summed E-state index contributed by atoms with van der Waals surface area (Å²) >= 11 is 2.01. The van der Waals surface area contributed by atoms with Crippen LogP contribution in [0, 0.1) is 5.82 Å². The molecule has 0 amide bonds. The van der Waals surface area contributed by atoms with Crippen LogP contribution < -0.4 is 5.32 Å². The molecule has 2 unspecified atom stereocenters. The van der Waals surface area contributed by atoms with Gasteiger partial charge in [-0.15, -0.1) is 0 Å². The fraction of sp³-hybridized carbons (Fsp3) is 0.571. The van der Waals surface area contributed by atoms with E-state index in [-0.39, 0.29) is 17.6 Å². The lowest BCUT2D eigenvalue weighted by atomic mass is 10.1. The second-order valence-corrected chi connectivity index (χ2v) is 6.23. The summed E-state index contributed by atoms with van der Waals surface area (Å²) in [6.07, 6.45) is 3.87. The second-order valence-electron chi connectivity index (χ2n) is 4.82. The molecular weight excluding hydrogens is 249 g/mol. The summed E-state index contributed by atoms with van der Waals surface area (Å²) in [7, 11) is 0. The Morgan fingerprint density at radius 1 is 1.50 bits per heavy atom. The minimum atomic E-state index is -0.302. The van der Waals surface area contributed by atoms with Gasteiger partial charge in [-0.25, -0.2) is 4.39 Å². The molecule has 1 heterocycles. The predicted octanol–water partition coefficient (Wildman–Crippen LogP) is 3.47. The second kappa shape index (κ2) is 6.43. The minimum Gasteiger partial charge on any atom is -0.508 e. The number of halogens is 1. The number of phenolic OH excluding ortho intramolecular Hbond substituents is 1. The van der Waals surface area contributed by atoms with Crippen LogP contribution in [0.15, 0.2) is 18.2 Å². The number of aromatic hydroxyl groups is 1. The van der Waals surface area contributed by atoms with E-state index in [1.807, 2.05) is 18.7 Å². The quantitative estimate of drug-likeness (QED) is 0.878. The van der Waals surface area contributed by atoms with Crippen LogP contribution >= 0.6 is 11.8 Å². The SMILES string of the molecule is CC(NCC1CCCCS1)c1cc(F)ccc1O. The van der Waals surface area contributed by atoms with Gasteiger partial charge < -0.3 is 10.4 Å². The van der Waals surface area contributed by atoms with Crippen molar-refractivity contribution in [2.24, 2.45) is 0 Å². The lowest BCUT2D eigenvalue weighted by Crippen LogP contribution is -2.29. The van der Waals surface area contributed by atoms with Crippen LogP contribution in [0.4, 0.5) is 4.39 Å². The average Bonchev–Trinajstić information content (AvgIpc) is 2.40. The van der Waals surface area contributed by atoms with Crippen molar-refractivity contribution in [1.82, 2.24) is 5.32 Å². The van der Waals surface area contributed by atoms with Crippen LogP contribution in [0.1, 0.15) is 37.8 Å². The molecule has 100 valence electrons. The van der Waals surface area contributed by atoms with Crippen molar-refractivity contribution in [1.29, 1.82) is 0 Å². The summed E-state index contributed by atoms with van der Waals surface area (Å²) in [5.41, 5.74) is 0.635. The van der Waals surface area contributed by atoms with Crippen LogP contribution in [0.3, 0.4) is 0 Å². The van der Waals surface area contributed by atoms with Gasteiger partial charge in [0.05, 0.1) is 0 Å². The summed E-state index contributed by atoms with van der Waals surface area (Å²) in [5.74, 6) is 1.10. The number of rotatable bonds is 4. The van der Waals surface area contributed by atoms with Gasteiger partial charge in [-0.3, -0.25) is 0 Å². The van der Waals surface area contributed by atoms with E-state index in [1.165, 1.54) is 43.2 Å². The lowest BCUT2D eigenvalue weighted by Gasteiger charge is -2.24. The summed E-state index contributed by atoms with van der Waals surface area (Å²) in [4.78, 5) is 0. The molecule has 4 heteroatoms. The van der Waals surface area contributed by atoms with E-state index in [4.69, 9.17) is 0 Å². The highest BCUT2D eigenvalue weighted by Gasteiger charge is 2.16. The fourth-order valence-corrected chi connectivity index (χ4v) is 3.51. The van der Waals surface area contributed by atoms with Gasteiger partial charge in [-0.05, 0) is 43.7 Å². The lowest BCUT2D eigenvalue weighted by molar-refractivity contribution is 0.447. The van der Waals surface area contributed by atoms with Gasteiger partial charge in [0, 0.05) is 23.4 Å². The molecule has 0 radical (unpaired) electrons. The molecule has 0 bridgehead atoms. The molecule has 0 saturated carbocycles. The number of nitrogens with one attached hydrogen (secondary N) is 1. The zero-order valence-electron chi connectivity index (χ0n) is 10.7. The Bertz CT molecular complexity index is 393. The molecular formula is C14H20FNOS. The smallest absolute Gasteiger partial charge is 0.123 e. The zero-order chi connectivity index (χ0) is 13.0. The third-order valence-electron chi connectivity index (χ3n) is 3.38. The Balaban J connectivity index is 1.90. The molecule has 1 fully saturated rings. The number of benzene rings is 1. The molecule has 2 rings (SSSR count). The third-order valence-corrected chi connectivity index (χ3v) is 4.78. The molecule has 0 aromatic heterocycles. The van der Waals surface area contributed by atoms with E-state index < -0.39 is 0 Å². The maximum Gasteiger partial charge on any atom is 0.123 e. The Morgan fingerprint density at radius 3 is 3.06 bits per heavy atom. The maximum absolute atomic E-state index is 13.2. The Morgan fingerprint density at radius 2 is 2.33 bits per heavy atom. The van der Waals surface area contributed by atoms with Gasteiger partial charge in [-0.2, -0.15) is 11.8 Å². The first-order chi connectivity index (χ1) is 8.66. The van der Waals surface area contributed by atoms with Crippen molar-refractivity contribution in [3.8, 4) is 5.75 Å². The highest BCUT2D eigenvalue weighted by molar-refractivity contribution is 7.99. The largest absolute Gasteiger partial charge is 0.508 e. The zero-order valence-corrected chi connectivity index (χ0v) is 11.5. The molecule has 18 heavy (non-hydrogen) atoms. The Labute approximate surface area is 112 Å². The van der Waals surface area contributed by atoms with Crippen LogP contribution in [-0.2, 0) is 0 Å². The molecule has 2 N–H and O–H groups in total. The van der Waals surface area contributed by atoms with Crippen molar-refractivity contribution in [2.45, 2.75) is 37.5 Å². The molecule has 1 aliphatic rings. The average molecular weight is 269 g/mol. The van der Waals surface area contributed by atoms with Gasteiger partial charge in [0.25, 0.3) is 0 Å². The van der Waals surface area contributed by atoms with E-state index in [0.29, 0.717) is 10.8 Å². The number of hydrogen-bond acceptors (Lipinski definition) is 3. The standard InChI is InChI=1S/C14H20FNOS/c1-10(13-8-11(15)5-6-14(13)17)16-9-12-4-2-3-7-18-12/h5-6,8,10,12,16-17H,2-4,7,9H2,1H3. The van der Waals surface area contributed by atoms with Crippen molar-refractivity contribution in [2.75, 3.05) is 12.3 Å². The van der Waals surface area contributed by atoms with Crippen molar-refractivity contribution in [3.05, 3.63) is 29.6 Å². The Kier molecular flexibility index (Phi) is 4.89. The summed E-state index contributed by atoms with van der Waals surface area (Å²) in [5, 5.41) is 13.8. The maximum atomic E-state index is 13.2. The molecule has 1 aromatic rings. The van der Waals surface area contributed by atoms with Gasteiger partial charge >= 0.3 is 0 Å². The molecule has 1 aromatic carbocycles. The van der Waals surface area contributed by atoms with E-state index >= 15 is 0 Å². The summed E-state index contributed by atoms with van der Waals surface area (Å²) in [6, 6.07) is 4.07. The van der Waals surface area contributed by atoms with Gasteiger partial charge in [0.2, 0.25) is 0 Å². The van der Waals surface area contributed by atoms with Crippen molar-refractivity contribution in [3.63, 3.8) is 0 Å². The van der Waals surface area contributed by atoms with E-state index in [0.717, 1.165) is 6.54 Å². The summed E-state index contributed by atoms with van der Waals surface area (Å²) < 4.78 is 13.2.